The van der Waals surface area contributed by atoms with E-state index in [1.807, 2.05) is 0 Å². The van der Waals surface area contributed by atoms with Gasteiger partial charge in [-0.2, -0.15) is 0 Å². The van der Waals surface area contributed by atoms with Crippen molar-refractivity contribution in [1.82, 2.24) is 19.8 Å². The van der Waals surface area contributed by atoms with E-state index in [2.05, 4.69) is 40.3 Å². The lowest BCUT2D eigenvalue weighted by Crippen LogP contribution is -2.73. The molecule has 1 aliphatic carbocycles. The Morgan fingerprint density at radius 3 is 2.68 bits per heavy atom. The number of benzene rings is 1. The quantitative estimate of drug-likeness (QED) is 0.823. The molecule has 3 heterocycles. The van der Waals surface area contributed by atoms with Gasteiger partial charge in [0.15, 0.2) is 0 Å². The lowest BCUT2D eigenvalue weighted by molar-refractivity contribution is -0.159. The first-order chi connectivity index (χ1) is 15.2. The van der Waals surface area contributed by atoms with Gasteiger partial charge >= 0.3 is 0 Å². The summed E-state index contributed by atoms with van der Waals surface area (Å²) in [4.78, 5) is 37.0. The highest BCUT2D eigenvalue weighted by molar-refractivity contribution is 5.96. The van der Waals surface area contributed by atoms with E-state index in [-0.39, 0.29) is 48.7 Å². The van der Waals surface area contributed by atoms with Gasteiger partial charge in [-0.3, -0.25) is 14.6 Å². The lowest BCUT2D eigenvalue weighted by Gasteiger charge is -2.58. The molecule has 0 spiro atoms. The van der Waals surface area contributed by atoms with Crippen LogP contribution in [0.25, 0.3) is 5.57 Å². The summed E-state index contributed by atoms with van der Waals surface area (Å²) in [6.45, 7) is 0.343. The largest absolute Gasteiger partial charge is 0.394 e. The second-order valence-electron chi connectivity index (χ2n) is 8.52. The van der Waals surface area contributed by atoms with Crippen LogP contribution >= 0.6 is 0 Å². The summed E-state index contributed by atoms with van der Waals surface area (Å²) < 4.78 is 0. The minimum absolute atomic E-state index is 0.000734. The third-order valence-corrected chi connectivity index (χ3v) is 6.78. The molecule has 2 saturated heterocycles. The van der Waals surface area contributed by atoms with E-state index in [0.717, 1.165) is 18.4 Å². The molecule has 2 fully saturated rings. The summed E-state index contributed by atoms with van der Waals surface area (Å²) in [6.07, 6.45) is 11.5. The topological polar surface area (TPSA) is 86.6 Å². The number of hydrogen-bond acceptors (Lipinski definition) is 5. The lowest BCUT2D eigenvalue weighted by atomic mass is 9.73. The van der Waals surface area contributed by atoms with Crippen LogP contribution in [0, 0.1) is 0 Å². The maximum atomic E-state index is 12.8. The predicted molar refractivity (Wildman–Crippen MR) is 115 cm³/mol. The highest BCUT2D eigenvalue weighted by Crippen LogP contribution is 2.43. The summed E-state index contributed by atoms with van der Waals surface area (Å²) in [5.41, 5.74) is 3.99. The van der Waals surface area contributed by atoms with Gasteiger partial charge in [-0.25, -0.2) is 4.98 Å². The van der Waals surface area contributed by atoms with Crippen LogP contribution in [0.3, 0.4) is 0 Å². The molecule has 5 rings (SSSR count). The highest BCUT2D eigenvalue weighted by Gasteiger charge is 2.54. The molecule has 0 saturated carbocycles. The molecule has 2 aromatic rings. The number of carbonyl (C=O) groups is 2. The van der Waals surface area contributed by atoms with Crippen LogP contribution in [-0.4, -0.2) is 68.5 Å². The Morgan fingerprint density at radius 1 is 1.16 bits per heavy atom. The number of amides is 2. The third kappa shape index (κ3) is 3.53. The standard InChI is InChI=1S/C24H26N4O3/c29-15-21-23(18-8-6-17(7-9-18)16-4-2-1-3-5-16)20-13-27(14-22(30)28(20)21)24(31)19-12-25-10-11-26-19/h4,6-12,20-21,23,29H,1-3,5,13-15H2/t20-,21-,23+/m1/s1. The number of aliphatic hydroxyl groups excluding tert-OH is 1. The fourth-order valence-corrected chi connectivity index (χ4v) is 5.25. The average molecular weight is 418 g/mol. The van der Waals surface area contributed by atoms with E-state index in [9.17, 15) is 14.7 Å². The summed E-state index contributed by atoms with van der Waals surface area (Å²) in [5.74, 6) is -0.416. The van der Waals surface area contributed by atoms with Crippen molar-refractivity contribution < 1.29 is 14.7 Å². The van der Waals surface area contributed by atoms with Crippen molar-refractivity contribution in [3.05, 3.63) is 65.8 Å². The van der Waals surface area contributed by atoms with Crippen LogP contribution in [0.2, 0.25) is 0 Å². The molecule has 31 heavy (non-hydrogen) atoms. The van der Waals surface area contributed by atoms with Gasteiger partial charge in [-0.05, 0) is 42.4 Å². The fraction of sp³-hybridized carbons (Fsp3) is 0.417. The van der Waals surface area contributed by atoms with Crippen LogP contribution in [-0.2, 0) is 4.79 Å². The number of aromatic nitrogens is 2. The van der Waals surface area contributed by atoms with Gasteiger partial charge in [0.05, 0.1) is 24.9 Å². The summed E-state index contributed by atoms with van der Waals surface area (Å²) in [6, 6.07) is 8.14. The number of carbonyl (C=O) groups excluding carboxylic acids is 2. The van der Waals surface area contributed by atoms with Crippen LogP contribution in [0.1, 0.15) is 53.2 Å². The van der Waals surface area contributed by atoms with Gasteiger partial charge in [-0.15, -0.1) is 0 Å². The summed E-state index contributed by atoms with van der Waals surface area (Å²) in [7, 11) is 0. The smallest absolute Gasteiger partial charge is 0.274 e. The van der Waals surface area contributed by atoms with E-state index in [4.69, 9.17) is 0 Å². The number of piperazine rings is 1. The zero-order valence-corrected chi connectivity index (χ0v) is 17.4. The Bertz CT molecular complexity index is 1010. The molecule has 1 N–H and O–H groups in total. The monoisotopic (exact) mass is 418 g/mol. The number of hydrogen-bond donors (Lipinski definition) is 1. The molecule has 0 radical (unpaired) electrons. The van der Waals surface area contributed by atoms with Crippen LogP contribution in [0.5, 0.6) is 0 Å². The Labute approximate surface area is 181 Å². The minimum Gasteiger partial charge on any atom is -0.394 e. The zero-order valence-electron chi connectivity index (χ0n) is 17.4. The number of allylic oxidation sites excluding steroid dienone is 2. The first-order valence-electron chi connectivity index (χ1n) is 10.9. The van der Waals surface area contributed by atoms with Gasteiger partial charge < -0.3 is 14.9 Å². The number of nitrogens with zero attached hydrogens (tertiary/aromatic N) is 4. The molecule has 160 valence electrons. The second-order valence-corrected chi connectivity index (χ2v) is 8.52. The Hall–Kier alpha value is -3.06. The fourth-order valence-electron chi connectivity index (χ4n) is 5.25. The maximum absolute atomic E-state index is 12.8. The first kappa shape index (κ1) is 19.9. The van der Waals surface area contributed by atoms with Crippen molar-refractivity contribution in [3.8, 4) is 0 Å². The van der Waals surface area contributed by atoms with Gasteiger partial charge in [0.1, 0.15) is 12.2 Å². The normalized spacial score (nSPS) is 25.5. The number of aliphatic hydroxyl groups is 1. The van der Waals surface area contributed by atoms with Crippen molar-refractivity contribution in [2.75, 3.05) is 19.7 Å². The second kappa shape index (κ2) is 8.23. The van der Waals surface area contributed by atoms with Crippen molar-refractivity contribution in [2.45, 2.75) is 43.7 Å². The van der Waals surface area contributed by atoms with Crippen LogP contribution in [0.15, 0.2) is 48.9 Å². The maximum Gasteiger partial charge on any atom is 0.274 e. The Morgan fingerprint density at radius 2 is 2.00 bits per heavy atom. The molecule has 1 aromatic heterocycles. The minimum atomic E-state index is -0.285. The average Bonchev–Trinajstić information content (AvgIpc) is 2.81. The molecule has 2 aliphatic heterocycles. The van der Waals surface area contributed by atoms with Crippen LogP contribution in [0.4, 0.5) is 0 Å². The van der Waals surface area contributed by atoms with Gasteiger partial charge in [-0.1, -0.05) is 30.3 Å². The van der Waals surface area contributed by atoms with E-state index in [0.29, 0.717) is 6.54 Å². The molecular weight excluding hydrogens is 392 g/mol. The first-order valence-corrected chi connectivity index (χ1v) is 10.9. The van der Waals surface area contributed by atoms with E-state index in [1.165, 1.54) is 42.6 Å². The van der Waals surface area contributed by atoms with E-state index >= 15 is 0 Å². The molecule has 2 amide bonds. The molecule has 3 atom stereocenters. The molecule has 7 heteroatoms. The zero-order chi connectivity index (χ0) is 21.4. The SMILES string of the molecule is O=C(c1cnccn1)N1CC(=O)N2[C@H](CO)[C@@H](c3ccc(C4=CCCCC4)cc3)[C@H]2C1. The summed E-state index contributed by atoms with van der Waals surface area (Å²) in [5, 5.41) is 9.98. The van der Waals surface area contributed by atoms with Crippen molar-refractivity contribution >= 4 is 17.4 Å². The molecule has 3 aliphatic rings. The van der Waals surface area contributed by atoms with E-state index < -0.39 is 0 Å². The van der Waals surface area contributed by atoms with Crippen molar-refractivity contribution in [3.63, 3.8) is 0 Å². The Balaban J connectivity index is 1.37. The van der Waals surface area contributed by atoms with Crippen molar-refractivity contribution in [2.24, 2.45) is 0 Å². The molecule has 0 bridgehead atoms. The van der Waals surface area contributed by atoms with Gasteiger partial charge in [0.2, 0.25) is 5.91 Å². The van der Waals surface area contributed by atoms with Gasteiger partial charge in [0.25, 0.3) is 5.91 Å². The summed E-state index contributed by atoms with van der Waals surface area (Å²) >= 11 is 0. The predicted octanol–water partition coefficient (Wildman–Crippen LogP) is 2.25. The van der Waals surface area contributed by atoms with Crippen LogP contribution < -0.4 is 0 Å². The highest BCUT2D eigenvalue weighted by atomic mass is 16.3. The van der Waals surface area contributed by atoms with Gasteiger partial charge in [0, 0.05) is 24.9 Å². The van der Waals surface area contributed by atoms with Crippen molar-refractivity contribution in [1.29, 1.82) is 0 Å². The van der Waals surface area contributed by atoms with E-state index in [1.54, 1.807) is 9.80 Å². The molecule has 1 aromatic carbocycles. The molecular formula is C24H26N4O3. The Kier molecular flexibility index (Phi) is 5.28. The number of fused-ring (bicyclic) bond motifs is 1. The third-order valence-electron chi connectivity index (χ3n) is 6.78. The number of rotatable bonds is 4. The molecule has 7 nitrogen and oxygen atoms in total. The molecule has 0 unspecified atom stereocenters.